The minimum Gasteiger partial charge on any atom is -0.397 e. The Hall–Kier alpha value is -0.530. The van der Waals surface area contributed by atoms with E-state index in [1.54, 1.807) is 11.8 Å². The second-order valence-corrected chi connectivity index (χ2v) is 6.55. The number of benzene rings is 1. The zero-order valence-corrected chi connectivity index (χ0v) is 13.6. The van der Waals surface area contributed by atoms with Crippen molar-refractivity contribution in [3.8, 4) is 11.5 Å². The first-order valence-corrected chi connectivity index (χ1v) is 8.01. The van der Waals surface area contributed by atoms with Crippen molar-refractivity contribution in [2.45, 2.75) is 12.7 Å². The maximum Gasteiger partial charge on any atom is 0.260 e. The fourth-order valence-corrected chi connectivity index (χ4v) is 3.11. The maximum atomic E-state index is 5.99. The number of rotatable bonds is 4. The van der Waals surface area contributed by atoms with Crippen LogP contribution in [0.4, 0.5) is 5.69 Å². The van der Waals surface area contributed by atoms with E-state index in [0.717, 1.165) is 26.0 Å². The number of halogens is 2. The van der Waals surface area contributed by atoms with Gasteiger partial charge in [0.05, 0.1) is 17.0 Å². The summed E-state index contributed by atoms with van der Waals surface area (Å²) in [5.41, 5.74) is 7.32. The Morgan fingerprint density at radius 1 is 1.39 bits per heavy atom. The topological polar surface area (TPSA) is 64.9 Å². The first-order valence-electron chi connectivity index (χ1n) is 5.27. The van der Waals surface area contributed by atoms with Crippen LogP contribution in [0.2, 0.25) is 0 Å². The van der Waals surface area contributed by atoms with Crippen molar-refractivity contribution in [2.75, 3.05) is 11.5 Å². The van der Waals surface area contributed by atoms with E-state index in [9.17, 15) is 0 Å². The lowest BCUT2D eigenvalue weighted by Crippen LogP contribution is -1.92. The largest absolute Gasteiger partial charge is 0.397 e. The standard InChI is InChI=1S/C11H11Br2N3OS/c1-2-18-5-9-15-11(17-16-9)7-3-6(12)4-8(13)10(7)14/h3-4H,2,5,14H2,1H3. The van der Waals surface area contributed by atoms with E-state index in [1.165, 1.54) is 0 Å². The molecule has 0 bridgehead atoms. The Morgan fingerprint density at radius 3 is 2.89 bits per heavy atom. The Balaban J connectivity index is 2.34. The van der Waals surface area contributed by atoms with Gasteiger partial charge in [0.2, 0.25) is 0 Å². The quantitative estimate of drug-likeness (QED) is 0.793. The summed E-state index contributed by atoms with van der Waals surface area (Å²) >= 11 is 8.55. The van der Waals surface area contributed by atoms with Crippen molar-refractivity contribution in [3.63, 3.8) is 0 Å². The maximum absolute atomic E-state index is 5.99. The van der Waals surface area contributed by atoms with Crippen LogP contribution < -0.4 is 5.73 Å². The van der Waals surface area contributed by atoms with Crippen molar-refractivity contribution in [1.29, 1.82) is 0 Å². The summed E-state index contributed by atoms with van der Waals surface area (Å²) < 4.78 is 6.95. The third kappa shape index (κ3) is 3.07. The lowest BCUT2D eigenvalue weighted by Gasteiger charge is -2.04. The van der Waals surface area contributed by atoms with E-state index in [1.807, 2.05) is 12.1 Å². The van der Waals surface area contributed by atoms with E-state index in [2.05, 4.69) is 48.9 Å². The van der Waals surface area contributed by atoms with Gasteiger partial charge in [0, 0.05) is 8.95 Å². The van der Waals surface area contributed by atoms with E-state index in [4.69, 9.17) is 10.3 Å². The van der Waals surface area contributed by atoms with Crippen LogP contribution >= 0.6 is 43.6 Å². The van der Waals surface area contributed by atoms with Crippen molar-refractivity contribution >= 4 is 49.3 Å². The highest BCUT2D eigenvalue weighted by molar-refractivity contribution is 9.11. The highest BCUT2D eigenvalue weighted by atomic mass is 79.9. The van der Waals surface area contributed by atoms with Gasteiger partial charge in [-0.3, -0.25) is 0 Å². The van der Waals surface area contributed by atoms with Gasteiger partial charge >= 0.3 is 0 Å². The minimum absolute atomic E-state index is 0.446. The van der Waals surface area contributed by atoms with Crippen LogP contribution in [0, 0.1) is 0 Å². The second kappa shape index (κ2) is 6.08. The summed E-state index contributed by atoms with van der Waals surface area (Å²) in [7, 11) is 0. The average molecular weight is 393 g/mol. The molecule has 0 saturated carbocycles. The monoisotopic (exact) mass is 391 g/mol. The molecule has 7 heteroatoms. The molecule has 1 aromatic heterocycles. The van der Waals surface area contributed by atoms with Gasteiger partial charge in [0.15, 0.2) is 5.82 Å². The predicted octanol–water partition coefficient (Wildman–Crippen LogP) is 4.10. The van der Waals surface area contributed by atoms with Gasteiger partial charge in [-0.2, -0.15) is 16.7 Å². The van der Waals surface area contributed by atoms with Crippen LogP contribution in [0.15, 0.2) is 25.6 Å². The first kappa shape index (κ1) is 13.9. The SMILES string of the molecule is CCSCc1noc(-c2cc(Br)cc(Br)c2N)n1. The molecular weight excluding hydrogens is 382 g/mol. The normalized spacial score (nSPS) is 10.8. The van der Waals surface area contributed by atoms with Gasteiger partial charge in [0.1, 0.15) is 0 Å². The highest BCUT2D eigenvalue weighted by Gasteiger charge is 2.14. The number of nitrogens with two attached hydrogens (primary N) is 1. The lowest BCUT2D eigenvalue weighted by molar-refractivity contribution is 0.425. The zero-order valence-electron chi connectivity index (χ0n) is 9.61. The number of thioether (sulfide) groups is 1. The first-order chi connectivity index (χ1) is 8.61. The molecule has 2 aromatic rings. The van der Waals surface area contributed by atoms with Gasteiger partial charge in [-0.15, -0.1) is 0 Å². The number of hydrogen-bond acceptors (Lipinski definition) is 5. The van der Waals surface area contributed by atoms with Crippen molar-refractivity contribution in [3.05, 3.63) is 26.9 Å². The average Bonchev–Trinajstić information content (AvgIpc) is 2.79. The summed E-state index contributed by atoms with van der Waals surface area (Å²) in [5.74, 6) is 2.90. The molecule has 96 valence electrons. The molecule has 0 fully saturated rings. The molecule has 2 rings (SSSR count). The van der Waals surface area contributed by atoms with Gasteiger partial charge < -0.3 is 10.3 Å². The third-order valence-electron chi connectivity index (χ3n) is 2.23. The van der Waals surface area contributed by atoms with Crippen LogP contribution in [-0.4, -0.2) is 15.9 Å². The van der Waals surface area contributed by atoms with E-state index in [0.29, 0.717) is 17.4 Å². The summed E-state index contributed by atoms with van der Waals surface area (Å²) in [6.07, 6.45) is 0. The Labute approximate surface area is 126 Å². The van der Waals surface area contributed by atoms with Crippen LogP contribution in [0.5, 0.6) is 0 Å². The Bertz CT molecular complexity index is 559. The molecule has 0 amide bonds. The second-order valence-electron chi connectivity index (χ2n) is 3.50. The van der Waals surface area contributed by atoms with Crippen LogP contribution in [0.25, 0.3) is 11.5 Å². The molecule has 0 aliphatic carbocycles. The lowest BCUT2D eigenvalue weighted by atomic mass is 10.2. The molecule has 1 heterocycles. The molecule has 0 atom stereocenters. The third-order valence-corrected chi connectivity index (χ3v) is 4.21. The van der Waals surface area contributed by atoms with E-state index >= 15 is 0 Å². The Kier molecular flexibility index (Phi) is 4.69. The molecule has 0 saturated heterocycles. The summed E-state index contributed by atoms with van der Waals surface area (Å²) in [4.78, 5) is 4.34. The number of hydrogen-bond donors (Lipinski definition) is 1. The molecule has 0 radical (unpaired) electrons. The number of anilines is 1. The summed E-state index contributed by atoms with van der Waals surface area (Å²) in [6.45, 7) is 2.09. The molecule has 1 aromatic carbocycles. The summed E-state index contributed by atoms with van der Waals surface area (Å²) in [6, 6.07) is 3.74. The minimum atomic E-state index is 0.446. The van der Waals surface area contributed by atoms with Crippen molar-refractivity contribution in [2.24, 2.45) is 0 Å². The molecule has 2 N–H and O–H groups in total. The molecule has 0 spiro atoms. The molecule has 18 heavy (non-hydrogen) atoms. The van der Waals surface area contributed by atoms with E-state index in [-0.39, 0.29) is 0 Å². The summed E-state index contributed by atoms with van der Waals surface area (Å²) in [5, 5.41) is 3.94. The molecule has 4 nitrogen and oxygen atoms in total. The smallest absolute Gasteiger partial charge is 0.260 e. The Morgan fingerprint density at radius 2 is 2.17 bits per heavy atom. The molecule has 0 unspecified atom stereocenters. The van der Waals surface area contributed by atoms with Crippen LogP contribution in [0.3, 0.4) is 0 Å². The predicted molar refractivity (Wildman–Crippen MR) is 81.4 cm³/mol. The number of aromatic nitrogens is 2. The molecule has 0 aliphatic rings. The van der Waals surface area contributed by atoms with Crippen molar-refractivity contribution in [1.82, 2.24) is 10.1 Å². The fourth-order valence-electron chi connectivity index (χ4n) is 1.38. The number of nitrogens with zero attached hydrogens (tertiary/aromatic N) is 2. The van der Waals surface area contributed by atoms with Crippen LogP contribution in [-0.2, 0) is 5.75 Å². The van der Waals surface area contributed by atoms with Gasteiger partial charge in [0.25, 0.3) is 5.89 Å². The van der Waals surface area contributed by atoms with E-state index < -0.39 is 0 Å². The fraction of sp³-hybridized carbons (Fsp3) is 0.273. The van der Waals surface area contributed by atoms with Gasteiger partial charge in [-0.1, -0.05) is 28.0 Å². The van der Waals surface area contributed by atoms with Crippen LogP contribution in [0.1, 0.15) is 12.7 Å². The molecule has 0 aliphatic heterocycles. The number of nitrogen functional groups attached to an aromatic ring is 1. The van der Waals surface area contributed by atoms with Gasteiger partial charge in [-0.05, 0) is 33.8 Å². The zero-order chi connectivity index (χ0) is 13.1. The highest BCUT2D eigenvalue weighted by Crippen LogP contribution is 2.34. The molecular formula is C11H11Br2N3OS. The van der Waals surface area contributed by atoms with Gasteiger partial charge in [-0.25, -0.2) is 0 Å². The van der Waals surface area contributed by atoms with Crippen molar-refractivity contribution < 1.29 is 4.52 Å².